The molecule has 0 saturated heterocycles. The van der Waals surface area contributed by atoms with Crippen molar-refractivity contribution in [1.82, 2.24) is 20.4 Å². The zero-order valence-corrected chi connectivity index (χ0v) is 15.0. The van der Waals surface area contributed by atoms with Gasteiger partial charge in [0.25, 0.3) is 5.91 Å². The van der Waals surface area contributed by atoms with E-state index in [1.807, 2.05) is 59.4 Å². The molecule has 1 heterocycles. The number of nitrogens with zero attached hydrogens (tertiary/aromatic N) is 2. The fraction of sp³-hybridized carbons (Fsp3) is 0.190. The van der Waals surface area contributed by atoms with Crippen molar-refractivity contribution >= 4 is 11.8 Å². The summed E-state index contributed by atoms with van der Waals surface area (Å²) in [4.78, 5) is 24.0. The normalized spacial score (nSPS) is 10.4. The molecule has 0 saturated carbocycles. The summed E-state index contributed by atoms with van der Waals surface area (Å²) in [7, 11) is 0. The van der Waals surface area contributed by atoms with Gasteiger partial charge >= 0.3 is 0 Å². The zero-order valence-electron chi connectivity index (χ0n) is 15.0. The van der Waals surface area contributed by atoms with Crippen LogP contribution in [0.4, 0.5) is 0 Å². The number of nitrogens with one attached hydrogen (secondary N) is 2. The molecule has 3 aromatic rings. The lowest BCUT2D eigenvalue weighted by atomic mass is 10.1. The molecule has 0 radical (unpaired) electrons. The molecule has 2 amide bonds. The van der Waals surface area contributed by atoms with E-state index in [4.69, 9.17) is 0 Å². The summed E-state index contributed by atoms with van der Waals surface area (Å²) in [6.07, 6.45) is 3.87. The van der Waals surface area contributed by atoms with Crippen LogP contribution in [0.15, 0.2) is 73.1 Å². The van der Waals surface area contributed by atoms with Gasteiger partial charge in [-0.05, 0) is 29.3 Å². The fourth-order valence-electron chi connectivity index (χ4n) is 2.62. The highest BCUT2D eigenvalue weighted by atomic mass is 16.2. The molecule has 1 aromatic heterocycles. The van der Waals surface area contributed by atoms with E-state index in [9.17, 15) is 9.59 Å². The third kappa shape index (κ3) is 5.81. The van der Waals surface area contributed by atoms with Crippen LogP contribution in [0, 0.1) is 0 Å². The number of carbonyl (C=O) groups is 2. The van der Waals surface area contributed by atoms with Crippen molar-refractivity contribution < 1.29 is 9.59 Å². The number of aromatic nitrogens is 2. The van der Waals surface area contributed by atoms with Gasteiger partial charge in [0.15, 0.2) is 0 Å². The van der Waals surface area contributed by atoms with E-state index in [-0.39, 0.29) is 18.2 Å². The maximum Gasteiger partial charge on any atom is 0.251 e. The van der Waals surface area contributed by atoms with Crippen LogP contribution in [-0.4, -0.2) is 28.1 Å². The number of hydrogen-bond acceptors (Lipinski definition) is 3. The maximum absolute atomic E-state index is 12.2. The molecular formula is C21H22N4O2. The minimum absolute atomic E-state index is 0.0891. The van der Waals surface area contributed by atoms with Gasteiger partial charge in [0, 0.05) is 37.5 Å². The molecule has 0 aliphatic rings. The number of rotatable bonds is 8. The molecule has 6 nitrogen and oxygen atoms in total. The van der Waals surface area contributed by atoms with Gasteiger partial charge in [0.2, 0.25) is 5.91 Å². The Morgan fingerprint density at radius 1 is 0.889 bits per heavy atom. The smallest absolute Gasteiger partial charge is 0.251 e. The average Bonchev–Trinajstić information content (AvgIpc) is 3.21. The Morgan fingerprint density at radius 3 is 2.37 bits per heavy atom. The van der Waals surface area contributed by atoms with Crippen LogP contribution in [0.25, 0.3) is 0 Å². The minimum atomic E-state index is -0.184. The van der Waals surface area contributed by atoms with Crippen LogP contribution in [0.2, 0.25) is 0 Å². The van der Waals surface area contributed by atoms with E-state index in [2.05, 4.69) is 15.7 Å². The predicted molar refractivity (Wildman–Crippen MR) is 103 cm³/mol. The number of hydrogen-bond donors (Lipinski definition) is 2. The van der Waals surface area contributed by atoms with Crippen LogP contribution in [0.5, 0.6) is 0 Å². The summed E-state index contributed by atoms with van der Waals surface area (Å²) in [5.41, 5.74) is 2.68. The van der Waals surface area contributed by atoms with E-state index in [0.29, 0.717) is 25.2 Å². The van der Waals surface area contributed by atoms with E-state index >= 15 is 0 Å². The van der Waals surface area contributed by atoms with Gasteiger partial charge in [-0.1, -0.05) is 42.5 Å². The van der Waals surface area contributed by atoms with Crippen LogP contribution >= 0.6 is 0 Å². The number of amides is 2. The molecule has 0 aliphatic carbocycles. The molecule has 0 fully saturated rings. The summed E-state index contributed by atoms with van der Waals surface area (Å²) in [6.45, 7) is 1.45. The van der Waals surface area contributed by atoms with Gasteiger partial charge < -0.3 is 10.6 Å². The molecule has 0 aliphatic heterocycles. The highest BCUT2D eigenvalue weighted by molar-refractivity contribution is 5.94. The summed E-state index contributed by atoms with van der Waals surface area (Å²) >= 11 is 0. The van der Waals surface area contributed by atoms with Crippen molar-refractivity contribution in [3.8, 4) is 0 Å². The molecule has 0 unspecified atom stereocenters. The topological polar surface area (TPSA) is 76.0 Å². The lowest BCUT2D eigenvalue weighted by Crippen LogP contribution is -2.30. The van der Waals surface area contributed by atoms with Crippen molar-refractivity contribution in [3.05, 3.63) is 89.7 Å². The molecule has 0 bridgehead atoms. The Kier molecular flexibility index (Phi) is 6.35. The minimum Gasteiger partial charge on any atom is -0.352 e. The van der Waals surface area contributed by atoms with Gasteiger partial charge in [0.1, 0.15) is 0 Å². The Hall–Kier alpha value is -3.41. The first kappa shape index (κ1) is 18.4. The third-order valence-electron chi connectivity index (χ3n) is 4.09. The molecule has 27 heavy (non-hydrogen) atoms. The summed E-state index contributed by atoms with van der Waals surface area (Å²) in [6, 6.07) is 19.0. The van der Waals surface area contributed by atoms with Gasteiger partial charge in [-0.3, -0.25) is 14.3 Å². The van der Waals surface area contributed by atoms with Crippen molar-refractivity contribution in [2.24, 2.45) is 0 Å². The quantitative estimate of drug-likeness (QED) is 0.646. The molecule has 6 heteroatoms. The van der Waals surface area contributed by atoms with Crippen LogP contribution in [0.3, 0.4) is 0 Å². The standard InChI is InChI=1S/C21H22N4O2/c26-20(23-15-17-5-2-1-3-6-17)11-13-22-21(27)19-9-7-18(8-10-19)16-25-14-4-12-24-25/h1-10,12,14H,11,13,15-16H2,(H,22,27)(H,23,26). The Bertz CT molecular complexity index is 859. The first-order valence-electron chi connectivity index (χ1n) is 8.86. The van der Waals surface area contributed by atoms with E-state index in [1.165, 1.54) is 0 Å². The molecule has 2 aromatic carbocycles. The second-order valence-electron chi connectivity index (χ2n) is 6.17. The van der Waals surface area contributed by atoms with Gasteiger partial charge in [-0.15, -0.1) is 0 Å². The summed E-state index contributed by atoms with van der Waals surface area (Å²) in [5, 5.41) is 9.78. The van der Waals surface area contributed by atoms with E-state index < -0.39 is 0 Å². The zero-order chi connectivity index (χ0) is 18.9. The molecule has 0 spiro atoms. The predicted octanol–water partition coefficient (Wildman–Crippen LogP) is 2.37. The highest BCUT2D eigenvalue weighted by Crippen LogP contribution is 2.06. The van der Waals surface area contributed by atoms with Crippen LogP contribution in [0.1, 0.15) is 27.9 Å². The lowest BCUT2D eigenvalue weighted by molar-refractivity contribution is -0.121. The molecule has 138 valence electrons. The van der Waals surface area contributed by atoms with Gasteiger partial charge in [-0.2, -0.15) is 5.10 Å². The van der Waals surface area contributed by atoms with E-state index in [0.717, 1.165) is 11.1 Å². The second-order valence-corrected chi connectivity index (χ2v) is 6.17. The van der Waals surface area contributed by atoms with Gasteiger partial charge in [-0.25, -0.2) is 0 Å². The molecular weight excluding hydrogens is 340 g/mol. The molecule has 0 atom stereocenters. The third-order valence-corrected chi connectivity index (χ3v) is 4.09. The SMILES string of the molecule is O=C(CCNC(=O)c1ccc(Cn2cccn2)cc1)NCc1ccccc1. The van der Waals surface area contributed by atoms with Crippen molar-refractivity contribution in [2.45, 2.75) is 19.5 Å². The first-order chi connectivity index (χ1) is 13.2. The molecule has 3 rings (SSSR count). The number of benzene rings is 2. The Morgan fingerprint density at radius 2 is 1.67 bits per heavy atom. The summed E-state index contributed by atoms with van der Waals surface area (Å²) < 4.78 is 1.82. The largest absolute Gasteiger partial charge is 0.352 e. The summed E-state index contributed by atoms with van der Waals surface area (Å²) in [5.74, 6) is -0.273. The lowest BCUT2D eigenvalue weighted by Gasteiger charge is -2.08. The first-order valence-corrected chi connectivity index (χ1v) is 8.86. The maximum atomic E-state index is 12.2. The average molecular weight is 362 g/mol. The fourth-order valence-corrected chi connectivity index (χ4v) is 2.62. The van der Waals surface area contributed by atoms with E-state index in [1.54, 1.807) is 18.3 Å². The van der Waals surface area contributed by atoms with Crippen LogP contribution in [-0.2, 0) is 17.9 Å². The van der Waals surface area contributed by atoms with Crippen LogP contribution < -0.4 is 10.6 Å². The second kappa shape index (κ2) is 9.33. The molecule has 2 N–H and O–H groups in total. The monoisotopic (exact) mass is 362 g/mol. The Labute approximate surface area is 158 Å². The van der Waals surface area contributed by atoms with Crippen molar-refractivity contribution in [3.63, 3.8) is 0 Å². The van der Waals surface area contributed by atoms with Crippen molar-refractivity contribution in [2.75, 3.05) is 6.54 Å². The highest BCUT2D eigenvalue weighted by Gasteiger charge is 2.07. The van der Waals surface area contributed by atoms with Crippen molar-refractivity contribution in [1.29, 1.82) is 0 Å². The number of carbonyl (C=O) groups excluding carboxylic acids is 2. The van der Waals surface area contributed by atoms with Gasteiger partial charge in [0.05, 0.1) is 6.54 Å². The Balaban J connectivity index is 1.39.